The van der Waals surface area contributed by atoms with Gasteiger partial charge in [0.25, 0.3) is 5.56 Å². The topological polar surface area (TPSA) is 125 Å². The average Bonchev–Trinajstić information content (AvgIpc) is 3.23. The molecule has 4 aromatic rings. The Balaban J connectivity index is 1.80. The number of carbonyl (C=O) groups excluding carboxylic acids is 1. The number of anilines is 3. The molecule has 2 aromatic heterocycles. The summed E-state index contributed by atoms with van der Waals surface area (Å²) in [5, 5.41) is 10.8. The number of aromatic amines is 2. The molecule has 0 bridgehead atoms. The van der Waals surface area contributed by atoms with Gasteiger partial charge in [-0.05, 0) is 37.3 Å². The summed E-state index contributed by atoms with van der Waals surface area (Å²) in [5.41, 5.74) is 0.411. The summed E-state index contributed by atoms with van der Waals surface area (Å²) in [6.45, 7) is 1.80. The number of carbonyl (C=O) groups is 1. The molecule has 1 amide bonds. The van der Waals surface area contributed by atoms with Crippen molar-refractivity contribution < 1.29 is 4.79 Å². The lowest BCUT2D eigenvalue weighted by molar-refractivity contribution is -0.118. The molecule has 0 fully saturated rings. The van der Waals surface area contributed by atoms with Crippen LogP contribution in [0.4, 0.5) is 17.3 Å². The molecule has 0 saturated carbocycles. The first-order chi connectivity index (χ1) is 15.4. The molecule has 4 heterocycles. The van der Waals surface area contributed by atoms with Crippen LogP contribution in [0.3, 0.4) is 0 Å². The Morgan fingerprint density at radius 1 is 0.969 bits per heavy atom. The van der Waals surface area contributed by atoms with E-state index >= 15 is 0 Å². The molecule has 2 aliphatic rings. The van der Waals surface area contributed by atoms with Crippen LogP contribution >= 0.6 is 15.9 Å². The molecule has 6 rings (SSSR count). The SMILES string of the molecule is Cc1nn(-c2ccccc2)c2c1[C@]1(C(=O)Nc3ccc(Br)cc31)c1c([nH]c(=O)[nH]c1=O)N2. The van der Waals surface area contributed by atoms with E-state index in [4.69, 9.17) is 5.10 Å². The lowest BCUT2D eigenvalue weighted by atomic mass is 9.69. The Bertz CT molecular complexity index is 1570. The predicted octanol–water partition coefficient (Wildman–Crippen LogP) is 2.66. The molecule has 32 heavy (non-hydrogen) atoms. The van der Waals surface area contributed by atoms with Gasteiger partial charge in [0.05, 0.1) is 16.9 Å². The third-order valence-electron chi connectivity index (χ3n) is 5.97. The number of nitrogens with one attached hydrogen (secondary N) is 4. The molecular formula is C22H15BrN6O3. The monoisotopic (exact) mass is 490 g/mol. The van der Waals surface area contributed by atoms with Gasteiger partial charge < -0.3 is 10.6 Å². The van der Waals surface area contributed by atoms with E-state index in [0.29, 0.717) is 28.3 Å². The highest BCUT2D eigenvalue weighted by molar-refractivity contribution is 9.10. The zero-order chi connectivity index (χ0) is 22.2. The number of aryl methyl sites for hydroxylation is 1. The third-order valence-corrected chi connectivity index (χ3v) is 6.46. The molecule has 4 N–H and O–H groups in total. The Morgan fingerprint density at radius 2 is 1.75 bits per heavy atom. The third kappa shape index (κ3) is 2.27. The first kappa shape index (κ1) is 18.8. The number of amides is 1. The van der Waals surface area contributed by atoms with E-state index in [-0.39, 0.29) is 17.3 Å². The number of hydrogen-bond acceptors (Lipinski definition) is 5. The minimum absolute atomic E-state index is 0.120. The minimum Gasteiger partial charge on any atom is -0.326 e. The molecular weight excluding hydrogens is 476 g/mol. The lowest BCUT2D eigenvalue weighted by Crippen LogP contribution is -2.46. The molecule has 0 radical (unpaired) electrons. The number of fused-ring (bicyclic) bond motifs is 6. The number of nitrogens with zero attached hydrogens (tertiary/aromatic N) is 2. The van der Waals surface area contributed by atoms with Gasteiger partial charge in [-0.25, -0.2) is 9.48 Å². The van der Waals surface area contributed by atoms with Gasteiger partial charge in [-0.2, -0.15) is 5.10 Å². The molecule has 158 valence electrons. The maximum atomic E-state index is 13.7. The highest BCUT2D eigenvalue weighted by Crippen LogP contribution is 2.54. The quantitative estimate of drug-likeness (QED) is 0.326. The van der Waals surface area contributed by atoms with Crippen LogP contribution in [-0.4, -0.2) is 25.7 Å². The van der Waals surface area contributed by atoms with E-state index in [1.165, 1.54) is 0 Å². The molecule has 9 nitrogen and oxygen atoms in total. The van der Waals surface area contributed by atoms with Gasteiger partial charge in [-0.1, -0.05) is 34.1 Å². The van der Waals surface area contributed by atoms with Crippen LogP contribution < -0.4 is 21.9 Å². The molecule has 1 spiro atoms. The smallest absolute Gasteiger partial charge is 0.326 e. The van der Waals surface area contributed by atoms with Crippen molar-refractivity contribution in [2.24, 2.45) is 0 Å². The Morgan fingerprint density at radius 3 is 2.53 bits per heavy atom. The highest BCUT2D eigenvalue weighted by Gasteiger charge is 2.58. The summed E-state index contributed by atoms with van der Waals surface area (Å²) >= 11 is 3.49. The number of aromatic nitrogens is 4. The Hall–Kier alpha value is -3.92. The molecule has 0 unspecified atom stereocenters. The lowest BCUT2D eigenvalue weighted by Gasteiger charge is -2.34. The van der Waals surface area contributed by atoms with Gasteiger partial charge in [0, 0.05) is 21.3 Å². The number of benzene rings is 2. The van der Waals surface area contributed by atoms with E-state index in [1.807, 2.05) is 42.5 Å². The zero-order valence-corrected chi connectivity index (χ0v) is 18.2. The van der Waals surface area contributed by atoms with Crippen molar-refractivity contribution in [3.8, 4) is 5.69 Å². The average molecular weight is 491 g/mol. The van der Waals surface area contributed by atoms with Crippen LogP contribution in [0, 0.1) is 6.92 Å². The molecule has 0 aliphatic carbocycles. The highest BCUT2D eigenvalue weighted by atomic mass is 79.9. The van der Waals surface area contributed by atoms with Crippen molar-refractivity contribution in [3.05, 3.63) is 96.2 Å². The number of rotatable bonds is 1. The van der Waals surface area contributed by atoms with E-state index < -0.39 is 16.7 Å². The van der Waals surface area contributed by atoms with Crippen molar-refractivity contribution in [1.82, 2.24) is 19.7 Å². The first-order valence-electron chi connectivity index (χ1n) is 9.82. The number of para-hydroxylation sites is 1. The summed E-state index contributed by atoms with van der Waals surface area (Å²) in [6, 6.07) is 14.8. The van der Waals surface area contributed by atoms with Crippen molar-refractivity contribution in [3.63, 3.8) is 0 Å². The minimum atomic E-state index is -1.50. The van der Waals surface area contributed by atoms with Gasteiger partial charge in [-0.3, -0.25) is 19.6 Å². The zero-order valence-electron chi connectivity index (χ0n) is 16.6. The van der Waals surface area contributed by atoms with Gasteiger partial charge in [-0.15, -0.1) is 0 Å². The van der Waals surface area contributed by atoms with E-state index in [9.17, 15) is 14.4 Å². The van der Waals surface area contributed by atoms with Gasteiger partial charge in [0.2, 0.25) is 5.91 Å². The second kappa shape index (κ2) is 6.30. The largest absolute Gasteiger partial charge is 0.327 e. The van der Waals surface area contributed by atoms with Gasteiger partial charge in [0.1, 0.15) is 17.1 Å². The normalized spacial score (nSPS) is 18.0. The fourth-order valence-electron chi connectivity index (χ4n) is 4.80. The Labute approximate surface area is 188 Å². The van der Waals surface area contributed by atoms with Crippen LogP contribution in [0.25, 0.3) is 5.69 Å². The van der Waals surface area contributed by atoms with E-state index in [2.05, 4.69) is 36.5 Å². The summed E-state index contributed by atoms with van der Waals surface area (Å²) < 4.78 is 2.43. The maximum Gasteiger partial charge on any atom is 0.327 e. The first-order valence-corrected chi connectivity index (χ1v) is 10.6. The van der Waals surface area contributed by atoms with Crippen LogP contribution in [0.2, 0.25) is 0 Å². The van der Waals surface area contributed by atoms with Gasteiger partial charge >= 0.3 is 5.69 Å². The molecule has 10 heteroatoms. The number of halogens is 1. The predicted molar refractivity (Wildman–Crippen MR) is 122 cm³/mol. The van der Waals surface area contributed by atoms with Crippen molar-refractivity contribution in [2.75, 3.05) is 10.6 Å². The maximum absolute atomic E-state index is 13.7. The Kier molecular flexibility index (Phi) is 3.70. The van der Waals surface area contributed by atoms with Crippen molar-refractivity contribution in [1.29, 1.82) is 0 Å². The van der Waals surface area contributed by atoms with E-state index in [0.717, 1.165) is 10.2 Å². The molecule has 1 atom stereocenters. The van der Waals surface area contributed by atoms with Crippen molar-refractivity contribution in [2.45, 2.75) is 12.3 Å². The van der Waals surface area contributed by atoms with Crippen LogP contribution in [0.5, 0.6) is 0 Å². The molecule has 2 aromatic carbocycles. The number of hydrogen-bond donors (Lipinski definition) is 4. The number of H-pyrrole nitrogens is 2. The summed E-state index contributed by atoms with van der Waals surface area (Å²) in [4.78, 5) is 44.0. The fraction of sp³-hybridized carbons (Fsp3) is 0.0909. The molecule has 2 aliphatic heterocycles. The summed E-state index contributed by atoms with van der Waals surface area (Å²) in [5.74, 6) is 0.277. The van der Waals surface area contributed by atoms with Crippen molar-refractivity contribution >= 4 is 39.2 Å². The van der Waals surface area contributed by atoms with Crippen LogP contribution in [-0.2, 0) is 10.2 Å². The summed E-state index contributed by atoms with van der Waals surface area (Å²) in [7, 11) is 0. The standard InChI is InChI=1S/C22H15BrN6O3/c1-10-15-18(29(28-10)12-5-3-2-4-6-12)25-17-16(19(30)27-21(32)26-17)22(15)13-9-11(23)7-8-14(13)24-20(22)31/h2-9H,1H3,(H,24,31)(H3,25,26,27,30,32)/t22-/m0/s1. The van der Waals surface area contributed by atoms with E-state index in [1.54, 1.807) is 17.7 Å². The molecule has 0 saturated heterocycles. The fourth-order valence-corrected chi connectivity index (χ4v) is 5.16. The summed E-state index contributed by atoms with van der Waals surface area (Å²) in [6.07, 6.45) is 0. The van der Waals surface area contributed by atoms with Gasteiger partial charge in [0.15, 0.2) is 0 Å². The van der Waals surface area contributed by atoms with Crippen LogP contribution in [0.1, 0.15) is 22.4 Å². The second-order valence-corrected chi connectivity index (χ2v) is 8.65. The second-order valence-electron chi connectivity index (χ2n) is 7.73. The van der Waals surface area contributed by atoms with Crippen LogP contribution in [0.15, 0.2) is 62.6 Å².